The van der Waals surface area contributed by atoms with Crippen LogP contribution in [0.2, 0.25) is 0 Å². The summed E-state index contributed by atoms with van der Waals surface area (Å²) in [6.07, 6.45) is 0.392. The van der Waals surface area contributed by atoms with Crippen LogP contribution in [0.3, 0.4) is 0 Å². The first kappa shape index (κ1) is 17.8. The Kier molecular flexibility index (Phi) is 5.00. The van der Waals surface area contributed by atoms with Crippen molar-refractivity contribution in [3.63, 3.8) is 0 Å². The van der Waals surface area contributed by atoms with E-state index in [0.717, 1.165) is 15.2 Å². The summed E-state index contributed by atoms with van der Waals surface area (Å²) >= 11 is 4.67. The Bertz CT molecular complexity index is 992. The number of nitrogens with one attached hydrogen (secondary N) is 1. The largest absolute Gasteiger partial charge is 0.312 e. The van der Waals surface area contributed by atoms with Crippen molar-refractivity contribution in [1.82, 2.24) is 10.2 Å². The Hall–Kier alpha value is -2.58. The molecule has 0 bridgehead atoms. The van der Waals surface area contributed by atoms with E-state index in [-0.39, 0.29) is 17.7 Å². The standard InChI is InChI=1S/C19H15BrN4O2S/c20-14-6-4-5-12(9-14)17(26)21-19-23-22-18(27-19)13-10-16(25)24(11-13)15-7-2-1-3-8-15/h1-9,13H,10-11H2,(H,21,23,26). The van der Waals surface area contributed by atoms with Crippen LogP contribution in [0, 0.1) is 0 Å². The molecule has 2 amide bonds. The lowest BCUT2D eigenvalue weighted by Gasteiger charge is -2.15. The number of carbonyl (C=O) groups excluding carboxylic acids is 2. The topological polar surface area (TPSA) is 75.2 Å². The number of para-hydroxylation sites is 1. The average molecular weight is 443 g/mol. The van der Waals surface area contributed by atoms with Crippen LogP contribution < -0.4 is 10.2 Å². The number of hydrogen-bond donors (Lipinski definition) is 1. The highest BCUT2D eigenvalue weighted by Crippen LogP contribution is 2.34. The highest BCUT2D eigenvalue weighted by Gasteiger charge is 2.33. The third-order valence-electron chi connectivity index (χ3n) is 4.29. The SMILES string of the molecule is O=C(Nc1nnc(C2CC(=O)N(c3ccccc3)C2)s1)c1cccc(Br)c1. The van der Waals surface area contributed by atoms with E-state index >= 15 is 0 Å². The summed E-state index contributed by atoms with van der Waals surface area (Å²) < 4.78 is 0.832. The number of rotatable bonds is 4. The number of aromatic nitrogens is 2. The van der Waals surface area contributed by atoms with E-state index < -0.39 is 0 Å². The number of benzene rings is 2. The van der Waals surface area contributed by atoms with Crippen LogP contribution in [0.1, 0.15) is 27.7 Å². The van der Waals surface area contributed by atoms with Crippen molar-refractivity contribution in [2.45, 2.75) is 12.3 Å². The van der Waals surface area contributed by atoms with Crippen molar-refractivity contribution in [1.29, 1.82) is 0 Å². The molecule has 0 aliphatic carbocycles. The summed E-state index contributed by atoms with van der Waals surface area (Å²) in [5, 5.41) is 12.2. The first-order chi connectivity index (χ1) is 13.1. The molecular formula is C19H15BrN4O2S. The maximum absolute atomic E-state index is 12.4. The second-order valence-electron chi connectivity index (χ2n) is 6.15. The van der Waals surface area contributed by atoms with E-state index in [1.165, 1.54) is 11.3 Å². The summed E-state index contributed by atoms with van der Waals surface area (Å²) in [7, 11) is 0. The first-order valence-corrected chi connectivity index (χ1v) is 9.97. The van der Waals surface area contributed by atoms with E-state index in [2.05, 4.69) is 31.4 Å². The normalized spacial score (nSPS) is 16.6. The molecule has 1 fully saturated rings. The van der Waals surface area contributed by atoms with E-state index in [1.807, 2.05) is 36.4 Å². The van der Waals surface area contributed by atoms with Gasteiger partial charge in [-0.3, -0.25) is 14.9 Å². The predicted molar refractivity (Wildman–Crippen MR) is 108 cm³/mol. The Morgan fingerprint density at radius 2 is 1.96 bits per heavy atom. The van der Waals surface area contributed by atoms with Gasteiger partial charge in [0.2, 0.25) is 11.0 Å². The van der Waals surface area contributed by atoms with E-state index in [9.17, 15) is 9.59 Å². The number of hydrogen-bond acceptors (Lipinski definition) is 5. The molecule has 1 unspecified atom stereocenters. The molecule has 6 nitrogen and oxygen atoms in total. The van der Waals surface area contributed by atoms with Gasteiger partial charge in [-0.1, -0.05) is 51.5 Å². The summed E-state index contributed by atoms with van der Waals surface area (Å²) in [4.78, 5) is 26.5. The summed E-state index contributed by atoms with van der Waals surface area (Å²) in [5.74, 6) is -0.194. The van der Waals surface area contributed by atoms with Gasteiger partial charge in [-0.2, -0.15) is 0 Å². The molecular weight excluding hydrogens is 428 g/mol. The molecule has 0 spiro atoms. The molecule has 2 aromatic carbocycles. The lowest BCUT2D eigenvalue weighted by Crippen LogP contribution is -2.24. The summed E-state index contributed by atoms with van der Waals surface area (Å²) in [5.41, 5.74) is 1.42. The zero-order valence-electron chi connectivity index (χ0n) is 14.1. The summed E-state index contributed by atoms with van der Waals surface area (Å²) in [6, 6.07) is 16.7. The fraction of sp³-hybridized carbons (Fsp3) is 0.158. The predicted octanol–water partition coefficient (Wildman–Crippen LogP) is 4.07. The van der Waals surface area contributed by atoms with Crippen molar-refractivity contribution in [3.05, 3.63) is 69.6 Å². The van der Waals surface area contributed by atoms with Crippen LogP contribution in [0.25, 0.3) is 0 Å². The van der Waals surface area contributed by atoms with Gasteiger partial charge in [0.25, 0.3) is 5.91 Å². The van der Waals surface area contributed by atoms with Gasteiger partial charge in [-0.25, -0.2) is 0 Å². The second kappa shape index (κ2) is 7.58. The highest BCUT2D eigenvalue weighted by molar-refractivity contribution is 9.10. The van der Waals surface area contributed by atoms with Gasteiger partial charge >= 0.3 is 0 Å². The maximum Gasteiger partial charge on any atom is 0.257 e. The molecule has 4 rings (SSSR count). The Labute approximate surface area is 168 Å². The minimum atomic E-state index is -0.243. The molecule has 27 heavy (non-hydrogen) atoms. The van der Waals surface area contributed by atoms with Crippen LogP contribution in [-0.2, 0) is 4.79 Å². The molecule has 3 aromatic rings. The van der Waals surface area contributed by atoms with Gasteiger partial charge in [-0.05, 0) is 30.3 Å². The van der Waals surface area contributed by atoms with Gasteiger partial charge in [0.05, 0.1) is 0 Å². The minimum absolute atomic E-state index is 0.0215. The molecule has 2 heterocycles. The van der Waals surface area contributed by atoms with Crippen LogP contribution in [0.4, 0.5) is 10.8 Å². The molecule has 8 heteroatoms. The van der Waals surface area contributed by atoms with Crippen molar-refractivity contribution in [2.24, 2.45) is 0 Å². The van der Waals surface area contributed by atoms with Crippen molar-refractivity contribution in [3.8, 4) is 0 Å². The molecule has 0 radical (unpaired) electrons. The Morgan fingerprint density at radius 3 is 2.74 bits per heavy atom. The fourth-order valence-corrected chi connectivity index (χ4v) is 4.21. The van der Waals surface area contributed by atoms with E-state index in [0.29, 0.717) is 23.7 Å². The number of amides is 2. The quantitative estimate of drug-likeness (QED) is 0.660. The third-order valence-corrected chi connectivity index (χ3v) is 5.78. The lowest BCUT2D eigenvalue weighted by molar-refractivity contribution is -0.117. The van der Waals surface area contributed by atoms with Gasteiger partial charge in [-0.15, -0.1) is 10.2 Å². The van der Waals surface area contributed by atoms with Crippen molar-refractivity contribution < 1.29 is 9.59 Å². The maximum atomic E-state index is 12.4. The molecule has 1 aliphatic heterocycles. The second-order valence-corrected chi connectivity index (χ2v) is 8.08. The van der Waals surface area contributed by atoms with Gasteiger partial charge in [0, 0.05) is 34.6 Å². The smallest absolute Gasteiger partial charge is 0.257 e. The highest BCUT2D eigenvalue weighted by atomic mass is 79.9. The molecule has 1 aliphatic rings. The Morgan fingerprint density at radius 1 is 1.15 bits per heavy atom. The average Bonchev–Trinajstić information content (AvgIpc) is 3.29. The van der Waals surface area contributed by atoms with Crippen molar-refractivity contribution >= 4 is 49.9 Å². The summed E-state index contributed by atoms with van der Waals surface area (Å²) in [6.45, 7) is 0.567. The number of nitrogens with zero attached hydrogens (tertiary/aromatic N) is 3. The third kappa shape index (κ3) is 3.91. The van der Waals surface area contributed by atoms with Gasteiger partial charge in [0.1, 0.15) is 5.01 Å². The molecule has 0 saturated carbocycles. The zero-order chi connectivity index (χ0) is 18.8. The molecule has 1 atom stereocenters. The zero-order valence-corrected chi connectivity index (χ0v) is 16.5. The first-order valence-electron chi connectivity index (χ1n) is 8.36. The van der Waals surface area contributed by atoms with Gasteiger partial charge in [0.15, 0.2) is 0 Å². The fourth-order valence-electron chi connectivity index (χ4n) is 2.98. The number of anilines is 2. The lowest BCUT2D eigenvalue weighted by atomic mass is 10.1. The number of carbonyl (C=O) groups is 2. The number of halogens is 1. The molecule has 1 saturated heterocycles. The minimum Gasteiger partial charge on any atom is -0.312 e. The van der Waals surface area contributed by atoms with Gasteiger partial charge < -0.3 is 4.90 Å². The van der Waals surface area contributed by atoms with Crippen LogP contribution in [0.5, 0.6) is 0 Å². The molecule has 1 aromatic heterocycles. The van der Waals surface area contributed by atoms with Crippen LogP contribution in [-0.4, -0.2) is 28.6 Å². The van der Waals surface area contributed by atoms with Crippen LogP contribution in [0.15, 0.2) is 59.1 Å². The Balaban J connectivity index is 1.45. The monoisotopic (exact) mass is 442 g/mol. The molecule has 136 valence electrons. The van der Waals surface area contributed by atoms with E-state index in [1.54, 1.807) is 23.1 Å². The molecule has 1 N–H and O–H groups in total. The van der Waals surface area contributed by atoms with Crippen LogP contribution >= 0.6 is 27.3 Å². The van der Waals surface area contributed by atoms with Crippen molar-refractivity contribution in [2.75, 3.05) is 16.8 Å². The van der Waals surface area contributed by atoms with E-state index in [4.69, 9.17) is 0 Å².